The predicted octanol–water partition coefficient (Wildman–Crippen LogP) is 1.73. The summed E-state index contributed by atoms with van der Waals surface area (Å²) in [4.78, 5) is 32.5. The van der Waals surface area contributed by atoms with Crippen LogP contribution in [-0.2, 0) is 19.1 Å². The van der Waals surface area contributed by atoms with E-state index in [1.54, 1.807) is 13.8 Å². The van der Waals surface area contributed by atoms with Crippen molar-refractivity contribution < 1.29 is 29.0 Å². The third-order valence-corrected chi connectivity index (χ3v) is 2.74. The topological polar surface area (TPSA) is 89.9 Å². The molecule has 7 heteroatoms. The first-order valence-corrected chi connectivity index (χ1v) is 6.02. The molecule has 0 radical (unpaired) electrons. The molecule has 0 aromatic carbocycles. The first-order valence-electron chi connectivity index (χ1n) is 5.03. The Bertz CT molecular complexity index is 289. The van der Waals surface area contributed by atoms with Crippen molar-refractivity contribution >= 4 is 29.0 Å². The summed E-state index contributed by atoms with van der Waals surface area (Å²) < 4.78 is 9.20. The summed E-state index contributed by atoms with van der Waals surface area (Å²) in [5, 5.41) is 7.91. The Morgan fingerprint density at radius 2 is 1.76 bits per heavy atom. The summed E-state index contributed by atoms with van der Waals surface area (Å²) in [6.07, 6.45) is 0. The predicted molar refractivity (Wildman–Crippen MR) is 61.5 cm³/mol. The molecule has 6 nitrogen and oxygen atoms in total. The van der Waals surface area contributed by atoms with Gasteiger partial charge in [0.2, 0.25) is 6.79 Å². The highest BCUT2D eigenvalue weighted by Gasteiger charge is 2.15. The maximum absolute atomic E-state index is 11.1. The van der Waals surface area contributed by atoms with Gasteiger partial charge in [-0.3, -0.25) is 9.59 Å². The lowest BCUT2D eigenvalue weighted by Gasteiger charge is -2.08. The SMILES string of the molecule is CC(C)C(=O)OCOC(=O)SC[C@H](C)C(=O)O. The van der Waals surface area contributed by atoms with Gasteiger partial charge < -0.3 is 14.6 Å². The zero-order valence-electron chi connectivity index (χ0n) is 9.97. The van der Waals surface area contributed by atoms with E-state index in [9.17, 15) is 14.4 Å². The van der Waals surface area contributed by atoms with Crippen LogP contribution < -0.4 is 0 Å². The first-order chi connectivity index (χ1) is 7.84. The summed E-state index contributed by atoms with van der Waals surface area (Å²) in [6, 6.07) is 0. The minimum absolute atomic E-state index is 0.117. The zero-order chi connectivity index (χ0) is 13.4. The molecule has 0 aliphatic rings. The molecule has 0 saturated carbocycles. The second-order valence-electron chi connectivity index (χ2n) is 3.68. The molecule has 0 unspecified atom stereocenters. The fourth-order valence-corrected chi connectivity index (χ4v) is 1.27. The van der Waals surface area contributed by atoms with Crippen molar-refractivity contribution in [1.82, 2.24) is 0 Å². The Labute approximate surface area is 104 Å². The highest BCUT2D eigenvalue weighted by atomic mass is 32.2. The number of esters is 1. The van der Waals surface area contributed by atoms with Gasteiger partial charge in [0.05, 0.1) is 11.8 Å². The van der Waals surface area contributed by atoms with Crippen molar-refractivity contribution in [2.45, 2.75) is 20.8 Å². The quantitative estimate of drug-likeness (QED) is 0.577. The van der Waals surface area contributed by atoms with E-state index in [0.717, 1.165) is 11.8 Å². The number of thioether (sulfide) groups is 1. The minimum Gasteiger partial charge on any atom is -0.481 e. The maximum Gasteiger partial charge on any atom is 0.370 e. The van der Waals surface area contributed by atoms with E-state index in [-0.39, 0.29) is 11.7 Å². The molecule has 98 valence electrons. The fourth-order valence-electron chi connectivity index (χ4n) is 0.608. The van der Waals surface area contributed by atoms with Crippen LogP contribution in [0.15, 0.2) is 0 Å². The van der Waals surface area contributed by atoms with Gasteiger partial charge in [-0.25, -0.2) is 4.79 Å². The second kappa shape index (κ2) is 7.94. The van der Waals surface area contributed by atoms with E-state index >= 15 is 0 Å². The molecule has 0 aromatic rings. The highest BCUT2D eigenvalue weighted by molar-refractivity contribution is 8.13. The Morgan fingerprint density at radius 1 is 1.18 bits per heavy atom. The van der Waals surface area contributed by atoms with Gasteiger partial charge in [0.25, 0.3) is 0 Å². The average molecular weight is 264 g/mol. The summed E-state index contributed by atoms with van der Waals surface area (Å²) in [7, 11) is 0. The highest BCUT2D eigenvalue weighted by Crippen LogP contribution is 2.11. The van der Waals surface area contributed by atoms with Gasteiger partial charge in [0, 0.05) is 5.75 Å². The molecule has 1 atom stereocenters. The first kappa shape index (κ1) is 15.8. The summed E-state index contributed by atoms with van der Waals surface area (Å²) >= 11 is 0.740. The van der Waals surface area contributed by atoms with E-state index in [4.69, 9.17) is 5.11 Å². The number of aliphatic carboxylic acids is 1. The Hall–Kier alpha value is -1.24. The van der Waals surface area contributed by atoms with Crippen molar-refractivity contribution in [1.29, 1.82) is 0 Å². The van der Waals surface area contributed by atoms with E-state index in [2.05, 4.69) is 9.47 Å². The van der Waals surface area contributed by atoms with Gasteiger partial charge in [0.1, 0.15) is 0 Å². The smallest absolute Gasteiger partial charge is 0.370 e. The zero-order valence-corrected chi connectivity index (χ0v) is 10.8. The van der Waals surface area contributed by atoms with Gasteiger partial charge >= 0.3 is 17.2 Å². The van der Waals surface area contributed by atoms with Crippen LogP contribution in [0.3, 0.4) is 0 Å². The Balaban J connectivity index is 3.67. The second-order valence-corrected chi connectivity index (χ2v) is 4.64. The van der Waals surface area contributed by atoms with Crippen LogP contribution in [0.5, 0.6) is 0 Å². The average Bonchev–Trinajstić information content (AvgIpc) is 2.25. The van der Waals surface area contributed by atoms with Crippen molar-refractivity contribution in [3.63, 3.8) is 0 Å². The van der Waals surface area contributed by atoms with Crippen LogP contribution in [0.4, 0.5) is 4.79 Å². The van der Waals surface area contributed by atoms with Gasteiger partial charge in [-0.2, -0.15) is 0 Å². The van der Waals surface area contributed by atoms with Crippen LogP contribution in [0.25, 0.3) is 0 Å². The maximum atomic E-state index is 11.1. The fraction of sp³-hybridized carbons (Fsp3) is 0.700. The van der Waals surface area contributed by atoms with Crippen LogP contribution in [0, 0.1) is 11.8 Å². The van der Waals surface area contributed by atoms with Crippen molar-refractivity contribution in [3.8, 4) is 0 Å². The van der Waals surface area contributed by atoms with Crippen LogP contribution >= 0.6 is 11.8 Å². The minimum atomic E-state index is -0.975. The molecule has 0 bridgehead atoms. The molecular formula is C10H16O6S. The summed E-state index contributed by atoms with van der Waals surface area (Å²) in [5.74, 6) is -2.23. The van der Waals surface area contributed by atoms with Crippen molar-refractivity contribution in [2.24, 2.45) is 11.8 Å². The number of rotatable bonds is 6. The lowest BCUT2D eigenvalue weighted by atomic mass is 10.2. The molecule has 0 heterocycles. The number of carboxylic acids is 1. The molecule has 1 N–H and O–H groups in total. The van der Waals surface area contributed by atoms with E-state index in [1.807, 2.05) is 0 Å². The monoisotopic (exact) mass is 264 g/mol. The molecule has 0 spiro atoms. The largest absolute Gasteiger partial charge is 0.481 e. The number of carboxylic acid groups (broad SMARTS) is 1. The van der Waals surface area contributed by atoms with Crippen molar-refractivity contribution in [2.75, 3.05) is 12.5 Å². The van der Waals surface area contributed by atoms with Crippen LogP contribution in [0.2, 0.25) is 0 Å². The number of carbonyl (C=O) groups excluding carboxylic acids is 2. The van der Waals surface area contributed by atoms with Gasteiger partial charge in [-0.1, -0.05) is 20.8 Å². The molecule has 0 aliphatic carbocycles. The Kier molecular flexibility index (Phi) is 7.36. The third-order valence-electron chi connectivity index (χ3n) is 1.72. The lowest BCUT2D eigenvalue weighted by molar-refractivity contribution is -0.155. The molecule has 0 rings (SSSR count). The molecule has 0 fully saturated rings. The van der Waals surface area contributed by atoms with E-state index in [1.165, 1.54) is 6.92 Å². The molecule has 0 amide bonds. The van der Waals surface area contributed by atoms with Crippen molar-refractivity contribution in [3.05, 3.63) is 0 Å². The van der Waals surface area contributed by atoms with Gasteiger partial charge in [-0.05, 0) is 11.8 Å². The summed E-state index contributed by atoms with van der Waals surface area (Å²) in [6.45, 7) is 4.37. The number of carbonyl (C=O) groups is 3. The molecule has 0 saturated heterocycles. The van der Waals surface area contributed by atoms with Gasteiger partial charge in [0.15, 0.2) is 0 Å². The summed E-state index contributed by atoms with van der Waals surface area (Å²) in [5.41, 5.74) is 0. The van der Waals surface area contributed by atoms with E-state index in [0.29, 0.717) is 0 Å². The number of hydrogen-bond donors (Lipinski definition) is 1. The van der Waals surface area contributed by atoms with Crippen LogP contribution in [0.1, 0.15) is 20.8 Å². The standard InChI is InChI=1S/C10H16O6S/c1-6(2)9(13)15-5-16-10(14)17-4-7(3)8(11)12/h6-7H,4-5H2,1-3H3,(H,11,12)/t7-/m0/s1. The number of ether oxygens (including phenoxy) is 2. The normalized spacial score (nSPS) is 12.0. The molecule has 0 aliphatic heterocycles. The molecular weight excluding hydrogens is 248 g/mol. The Morgan fingerprint density at radius 3 is 2.24 bits per heavy atom. The van der Waals surface area contributed by atoms with Crippen LogP contribution in [-0.4, -0.2) is 34.9 Å². The number of hydrogen-bond acceptors (Lipinski definition) is 6. The lowest BCUT2D eigenvalue weighted by Crippen LogP contribution is -2.16. The van der Waals surface area contributed by atoms with Gasteiger partial charge in [-0.15, -0.1) is 0 Å². The molecule has 0 aromatic heterocycles. The molecule has 17 heavy (non-hydrogen) atoms. The van der Waals surface area contributed by atoms with E-state index < -0.39 is 30.0 Å². The third kappa shape index (κ3) is 7.62.